The molecule has 1 amide bonds. The first-order valence-corrected chi connectivity index (χ1v) is 9.13. The van der Waals surface area contributed by atoms with Crippen LogP contribution in [0.3, 0.4) is 0 Å². The number of amides is 1. The highest BCUT2D eigenvalue weighted by Gasteiger charge is 2.19. The molecule has 1 aliphatic rings. The Kier molecular flexibility index (Phi) is 6.25. The number of hydrogen-bond donors (Lipinski definition) is 1. The van der Waals surface area contributed by atoms with Gasteiger partial charge in [-0.25, -0.2) is 4.39 Å². The molecule has 4 nitrogen and oxygen atoms in total. The molecule has 0 unspecified atom stereocenters. The van der Waals surface area contributed by atoms with E-state index in [1.54, 1.807) is 0 Å². The Hall–Kier alpha value is -1.95. The van der Waals surface area contributed by atoms with Gasteiger partial charge in [-0.05, 0) is 36.2 Å². The highest BCUT2D eigenvalue weighted by molar-refractivity contribution is 6.31. The number of rotatable bonds is 5. The fraction of sp³-hybridized carbons (Fsp3) is 0.350. The summed E-state index contributed by atoms with van der Waals surface area (Å²) in [5.74, 6) is -0.602. The van der Waals surface area contributed by atoms with Gasteiger partial charge in [0, 0.05) is 38.4 Å². The molecule has 0 aromatic heterocycles. The van der Waals surface area contributed by atoms with E-state index < -0.39 is 5.82 Å². The maximum atomic E-state index is 13.2. The number of anilines is 1. The number of carbonyl (C=O) groups excluding carboxylic acids is 1. The molecule has 1 saturated heterocycles. The van der Waals surface area contributed by atoms with Crippen LogP contribution >= 0.6 is 11.6 Å². The summed E-state index contributed by atoms with van der Waals surface area (Å²) in [5, 5.41) is 2.78. The smallest absolute Gasteiger partial charge is 0.238 e. The van der Waals surface area contributed by atoms with Crippen LogP contribution in [-0.4, -0.2) is 48.4 Å². The van der Waals surface area contributed by atoms with Gasteiger partial charge in [0.05, 0.1) is 11.6 Å². The van der Waals surface area contributed by atoms with Gasteiger partial charge in [-0.15, -0.1) is 0 Å². The van der Waals surface area contributed by atoms with E-state index in [1.807, 2.05) is 0 Å². The maximum absolute atomic E-state index is 13.2. The number of benzene rings is 2. The molecule has 1 heterocycles. The third-order valence-electron chi connectivity index (χ3n) is 4.69. The molecule has 3 rings (SSSR count). The normalized spacial score (nSPS) is 15.8. The summed E-state index contributed by atoms with van der Waals surface area (Å²) in [6.45, 7) is 6.98. The fourth-order valence-electron chi connectivity index (χ4n) is 3.11. The van der Waals surface area contributed by atoms with Crippen LogP contribution < -0.4 is 5.32 Å². The Morgan fingerprint density at radius 2 is 1.81 bits per heavy atom. The summed E-state index contributed by atoms with van der Waals surface area (Å²) >= 11 is 5.74. The summed E-state index contributed by atoms with van der Waals surface area (Å²) < 4.78 is 13.2. The quantitative estimate of drug-likeness (QED) is 0.868. The van der Waals surface area contributed by atoms with Gasteiger partial charge in [-0.1, -0.05) is 35.9 Å². The number of nitrogens with zero attached hydrogens (tertiary/aromatic N) is 2. The zero-order valence-corrected chi connectivity index (χ0v) is 15.6. The molecule has 2 aromatic rings. The van der Waals surface area contributed by atoms with Crippen LogP contribution in [0, 0.1) is 12.7 Å². The Morgan fingerprint density at radius 3 is 2.50 bits per heavy atom. The second-order valence-corrected chi connectivity index (χ2v) is 7.06. The Balaban J connectivity index is 1.45. The molecular weight excluding hydrogens is 353 g/mol. The summed E-state index contributed by atoms with van der Waals surface area (Å²) in [7, 11) is 0. The van der Waals surface area contributed by atoms with E-state index in [1.165, 1.54) is 29.3 Å². The van der Waals surface area contributed by atoms with Crippen molar-refractivity contribution in [2.75, 3.05) is 38.0 Å². The van der Waals surface area contributed by atoms with Crippen molar-refractivity contribution in [1.82, 2.24) is 9.80 Å². The standard InChI is InChI=1S/C20H23ClFN3O/c1-15-4-2-3-5-16(15)13-24-8-10-25(11-9-24)14-20(26)23-17-6-7-19(22)18(21)12-17/h2-7,12H,8-11,13-14H2,1H3,(H,23,26). The lowest BCUT2D eigenvalue weighted by atomic mass is 10.1. The number of piperazine rings is 1. The molecule has 0 atom stereocenters. The van der Waals surface area contributed by atoms with E-state index in [4.69, 9.17) is 11.6 Å². The van der Waals surface area contributed by atoms with Gasteiger partial charge >= 0.3 is 0 Å². The Bertz CT molecular complexity index is 775. The van der Waals surface area contributed by atoms with Crippen molar-refractivity contribution in [3.05, 3.63) is 64.4 Å². The van der Waals surface area contributed by atoms with Crippen molar-refractivity contribution >= 4 is 23.2 Å². The molecule has 0 bridgehead atoms. The van der Waals surface area contributed by atoms with E-state index in [2.05, 4.69) is 46.3 Å². The first kappa shape index (κ1) is 18.8. The summed E-state index contributed by atoms with van der Waals surface area (Å²) in [6, 6.07) is 12.6. The van der Waals surface area contributed by atoms with E-state index in [-0.39, 0.29) is 10.9 Å². The molecule has 2 aromatic carbocycles. The molecule has 1 fully saturated rings. The van der Waals surface area contributed by atoms with Crippen LogP contribution in [0.15, 0.2) is 42.5 Å². The molecule has 0 saturated carbocycles. The van der Waals surface area contributed by atoms with Crippen molar-refractivity contribution in [2.24, 2.45) is 0 Å². The van der Waals surface area contributed by atoms with Gasteiger partial charge in [-0.2, -0.15) is 0 Å². The number of nitrogens with one attached hydrogen (secondary N) is 1. The molecule has 0 spiro atoms. The highest BCUT2D eigenvalue weighted by Crippen LogP contribution is 2.19. The van der Waals surface area contributed by atoms with Crippen LogP contribution in [0.5, 0.6) is 0 Å². The van der Waals surface area contributed by atoms with Crippen LogP contribution in [0.2, 0.25) is 5.02 Å². The molecule has 1 N–H and O–H groups in total. The SMILES string of the molecule is Cc1ccccc1CN1CCN(CC(=O)Nc2ccc(F)c(Cl)c2)CC1. The number of carbonyl (C=O) groups is 1. The second kappa shape index (κ2) is 8.62. The second-order valence-electron chi connectivity index (χ2n) is 6.66. The lowest BCUT2D eigenvalue weighted by Crippen LogP contribution is -2.48. The van der Waals surface area contributed by atoms with Crippen molar-refractivity contribution in [2.45, 2.75) is 13.5 Å². The highest BCUT2D eigenvalue weighted by atomic mass is 35.5. The lowest BCUT2D eigenvalue weighted by molar-refractivity contribution is -0.117. The predicted molar refractivity (Wildman–Crippen MR) is 103 cm³/mol. The molecule has 0 radical (unpaired) electrons. The van der Waals surface area contributed by atoms with Crippen LogP contribution in [0.25, 0.3) is 0 Å². The predicted octanol–water partition coefficient (Wildman–Crippen LogP) is 3.54. The fourth-order valence-corrected chi connectivity index (χ4v) is 3.29. The van der Waals surface area contributed by atoms with Gasteiger partial charge < -0.3 is 5.32 Å². The van der Waals surface area contributed by atoms with E-state index in [9.17, 15) is 9.18 Å². The monoisotopic (exact) mass is 375 g/mol. The minimum Gasteiger partial charge on any atom is -0.325 e. The Labute approximate surface area is 158 Å². The van der Waals surface area contributed by atoms with Crippen LogP contribution in [-0.2, 0) is 11.3 Å². The average molecular weight is 376 g/mol. The first-order chi connectivity index (χ1) is 12.5. The molecule has 1 aliphatic heterocycles. The maximum Gasteiger partial charge on any atom is 0.238 e. The molecule has 26 heavy (non-hydrogen) atoms. The zero-order chi connectivity index (χ0) is 18.5. The third-order valence-corrected chi connectivity index (χ3v) is 4.98. The number of halogens is 2. The van der Waals surface area contributed by atoms with Gasteiger partial charge in [0.15, 0.2) is 0 Å². The zero-order valence-electron chi connectivity index (χ0n) is 14.8. The summed E-state index contributed by atoms with van der Waals surface area (Å²) in [5.41, 5.74) is 3.18. The Morgan fingerprint density at radius 1 is 1.12 bits per heavy atom. The topological polar surface area (TPSA) is 35.6 Å². The van der Waals surface area contributed by atoms with Gasteiger partial charge in [0.1, 0.15) is 5.82 Å². The van der Waals surface area contributed by atoms with Crippen LogP contribution in [0.4, 0.5) is 10.1 Å². The first-order valence-electron chi connectivity index (χ1n) is 8.75. The van der Waals surface area contributed by atoms with Crippen molar-refractivity contribution in [1.29, 1.82) is 0 Å². The van der Waals surface area contributed by atoms with Gasteiger partial charge in [0.25, 0.3) is 0 Å². The van der Waals surface area contributed by atoms with Gasteiger partial charge in [0.2, 0.25) is 5.91 Å². The van der Waals surface area contributed by atoms with Crippen LogP contribution in [0.1, 0.15) is 11.1 Å². The van der Waals surface area contributed by atoms with E-state index >= 15 is 0 Å². The number of hydrogen-bond acceptors (Lipinski definition) is 3. The largest absolute Gasteiger partial charge is 0.325 e. The summed E-state index contributed by atoms with van der Waals surface area (Å²) in [4.78, 5) is 16.7. The molecular formula is C20H23ClFN3O. The van der Waals surface area contributed by atoms with E-state index in [0.29, 0.717) is 12.2 Å². The third kappa shape index (κ3) is 5.04. The van der Waals surface area contributed by atoms with Crippen molar-refractivity contribution < 1.29 is 9.18 Å². The van der Waals surface area contributed by atoms with Crippen molar-refractivity contribution in [3.63, 3.8) is 0 Å². The molecule has 6 heteroatoms. The number of aryl methyl sites for hydroxylation is 1. The molecule has 0 aliphatic carbocycles. The summed E-state index contributed by atoms with van der Waals surface area (Å²) in [6.07, 6.45) is 0. The minimum atomic E-state index is -0.491. The average Bonchev–Trinajstić information content (AvgIpc) is 2.62. The molecule has 138 valence electrons. The van der Waals surface area contributed by atoms with E-state index in [0.717, 1.165) is 32.7 Å². The lowest BCUT2D eigenvalue weighted by Gasteiger charge is -2.34. The van der Waals surface area contributed by atoms with Crippen molar-refractivity contribution in [3.8, 4) is 0 Å². The minimum absolute atomic E-state index is 0.00706. The van der Waals surface area contributed by atoms with Gasteiger partial charge in [-0.3, -0.25) is 14.6 Å².